The molecule has 1 amide bonds. The van der Waals surface area contributed by atoms with E-state index in [1.165, 1.54) is 10.7 Å². The van der Waals surface area contributed by atoms with E-state index in [0.717, 1.165) is 16.8 Å². The minimum atomic E-state index is -0.276. The first kappa shape index (κ1) is 14.0. The van der Waals surface area contributed by atoms with E-state index in [0.29, 0.717) is 6.54 Å². The molecule has 2 aromatic rings. The van der Waals surface area contributed by atoms with E-state index in [1.54, 1.807) is 6.07 Å². The van der Waals surface area contributed by atoms with Crippen LogP contribution in [0.5, 0.6) is 0 Å². The molecular weight excluding hydrogens is 256 g/mol. The molecule has 0 unspecified atom stereocenters. The lowest BCUT2D eigenvalue weighted by molar-refractivity contribution is -0.120. The lowest BCUT2D eigenvalue weighted by Crippen LogP contribution is -2.32. The van der Waals surface area contributed by atoms with Gasteiger partial charge in [-0.3, -0.25) is 15.0 Å². The number of carbonyl (C=O) groups is 1. The van der Waals surface area contributed by atoms with Crippen LogP contribution in [0.3, 0.4) is 0 Å². The van der Waals surface area contributed by atoms with Crippen molar-refractivity contribution in [2.45, 2.75) is 19.9 Å². The lowest BCUT2D eigenvalue weighted by Gasteiger charge is -2.10. The summed E-state index contributed by atoms with van der Waals surface area (Å²) >= 11 is 0. The minimum Gasteiger partial charge on any atom is -0.294 e. The molecule has 0 bridgehead atoms. The third kappa shape index (κ3) is 3.30. The Balaban J connectivity index is 2.31. The van der Waals surface area contributed by atoms with E-state index in [2.05, 4.69) is 10.5 Å². The van der Waals surface area contributed by atoms with Crippen LogP contribution in [0.4, 0.5) is 0 Å². The van der Waals surface area contributed by atoms with Crippen LogP contribution < -0.4 is 16.8 Å². The molecule has 1 aromatic carbocycles. The number of aryl methyl sites for hydroxylation is 1. The molecule has 1 aromatic heterocycles. The van der Waals surface area contributed by atoms with Gasteiger partial charge >= 0.3 is 0 Å². The Morgan fingerprint density at radius 1 is 1.25 bits per heavy atom. The van der Waals surface area contributed by atoms with Crippen LogP contribution in [0.15, 0.2) is 41.2 Å². The Morgan fingerprint density at radius 3 is 2.65 bits per heavy atom. The molecule has 6 nitrogen and oxygen atoms in total. The van der Waals surface area contributed by atoms with E-state index in [1.807, 2.05) is 31.2 Å². The van der Waals surface area contributed by atoms with Crippen LogP contribution >= 0.6 is 0 Å². The molecule has 20 heavy (non-hydrogen) atoms. The van der Waals surface area contributed by atoms with Crippen molar-refractivity contribution in [1.29, 1.82) is 0 Å². The fraction of sp³-hybridized carbons (Fsp3) is 0.214. The number of carbonyl (C=O) groups excluding carboxylic acids is 1. The first-order valence-electron chi connectivity index (χ1n) is 6.21. The summed E-state index contributed by atoms with van der Waals surface area (Å²) < 4.78 is 1.38. The molecule has 0 fully saturated rings. The van der Waals surface area contributed by atoms with Crippen molar-refractivity contribution in [2.24, 2.45) is 5.84 Å². The van der Waals surface area contributed by atoms with Gasteiger partial charge in [-0.2, -0.15) is 5.10 Å². The standard InChI is InChI=1S/C14H16N4O2/c1-10-6-7-14(20)18(17-10)9-12-5-3-2-4-11(12)8-13(19)16-15/h2-7H,8-9,15H2,1H3,(H,16,19). The molecule has 0 aliphatic heterocycles. The summed E-state index contributed by atoms with van der Waals surface area (Å²) in [7, 11) is 0. The zero-order valence-electron chi connectivity index (χ0n) is 11.2. The second-order valence-corrected chi connectivity index (χ2v) is 4.48. The summed E-state index contributed by atoms with van der Waals surface area (Å²) in [5.41, 5.74) is 4.39. The van der Waals surface area contributed by atoms with E-state index in [9.17, 15) is 9.59 Å². The van der Waals surface area contributed by atoms with Crippen molar-refractivity contribution >= 4 is 5.91 Å². The third-order valence-corrected chi connectivity index (χ3v) is 2.95. The second kappa shape index (κ2) is 6.12. The molecule has 0 atom stereocenters. The molecule has 0 spiro atoms. The number of nitrogens with one attached hydrogen (secondary N) is 1. The fourth-order valence-corrected chi connectivity index (χ4v) is 1.93. The average Bonchev–Trinajstić information content (AvgIpc) is 2.44. The fourth-order valence-electron chi connectivity index (χ4n) is 1.93. The van der Waals surface area contributed by atoms with Gasteiger partial charge in [0, 0.05) is 6.07 Å². The van der Waals surface area contributed by atoms with Gasteiger partial charge < -0.3 is 0 Å². The number of amides is 1. The predicted molar refractivity (Wildman–Crippen MR) is 74.8 cm³/mol. The highest BCUT2D eigenvalue weighted by Crippen LogP contribution is 2.10. The molecule has 6 heteroatoms. The van der Waals surface area contributed by atoms with Crippen LogP contribution in [0.25, 0.3) is 0 Å². The van der Waals surface area contributed by atoms with Gasteiger partial charge in [-0.25, -0.2) is 10.5 Å². The molecule has 0 radical (unpaired) electrons. The third-order valence-electron chi connectivity index (χ3n) is 2.95. The number of nitrogens with zero attached hydrogens (tertiary/aromatic N) is 2. The first-order valence-corrected chi connectivity index (χ1v) is 6.21. The number of nitrogens with two attached hydrogens (primary N) is 1. The SMILES string of the molecule is Cc1ccc(=O)n(Cc2ccccc2CC(=O)NN)n1. The Hall–Kier alpha value is -2.47. The van der Waals surface area contributed by atoms with Gasteiger partial charge in [0.2, 0.25) is 5.91 Å². The number of rotatable bonds is 4. The number of hydrogen-bond donors (Lipinski definition) is 2. The highest BCUT2D eigenvalue weighted by atomic mass is 16.2. The van der Waals surface area contributed by atoms with Crippen molar-refractivity contribution in [1.82, 2.24) is 15.2 Å². The molecular formula is C14H16N4O2. The Morgan fingerprint density at radius 2 is 1.95 bits per heavy atom. The monoisotopic (exact) mass is 272 g/mol. The maximum Gasteiger partial charge on any atom is 0.267 e. The largest absolute Gasteiger partial charge is 0.294 e. The normalized spacial score (nSPS) is 10.3. The van der Waals surface area contributed by atoms with Gasteiger partial charge in [0.1, 0.15) is 0 Å². The summed E-state index contributed by atoms with van der Waals surface area (Å²) in [6.07, 6.45) is 0.174. The quantitative estimate of drug-likeness (QED) is 0.470. The number of aromatic nitrogens is 2. The van der Waals surface area contributed by atoms with Gasteiger partial charge in [0.05, 0.1) is 18.7 Å². The van der Waals surface area contributed by atoms with Crippen molar-refractivity contribution in [2.75, 3.05) is 0 Å². The van der Waals surface area contributed by atoms with E-state index in [-0.39, 0.29) is 17.9 Å². The molecule has 0 aliphatic rings. The van der Waals surface area contributed by atoms with Gasteiger partial charge in [-0.05, 0) is 24.1 Å². The highest BCUT2D eigenvalue weighted by Gasteiger charge is 2.08. The summed E-state index contributed by atoms with van der Waals surface area (Å²) in [4.78, 5) is 23.2. The van der Waals surface area contributed by atoms with Crippen LogP contribution in [0.1, 0.15) is 16.8 Å². The van der Waals surface area contributed by atoms with Gasteiger partial charge in [-0.15, -0.1) is 0 Å². The summed E-state index contributed by atoms with van der Waals surface area (Å²) in [5.74, 6) is 4.82. The first-order chi connectivity index (χ1) is 9.60. The summed E-state index contributed by atoms with van der Waals surface area (Å²) in [6, 6.07) is 10.6. The zero-order chi connectivity index (χ0) is 14.5. The van der Waals surface area contributed by atoms with Crippen LogP contribution in [-0.4, -0.2) is 15.7 Å². The zero-order valence-corrected chi connectivity index (χ0v) is 11.2. The van der Waals surface area contributed by atoms with Crippen molar-refractivity contribution < 1.29 is 4.79 Å². The van der Waals surface area contributed by atoms with Crippen LogP contribution in [-0.2, 0) is 17.8 Å². The van der Waals surface area contributed by atoms with Gasteiger partial charge in [0.15, 0.2) is 0 Å². The number of hydrazine groups is 1. The Kier molecular flexibility index (Phi) is 4.27. The maximum absolute atomic E-state index is 11.8. The van der Waals surface area contributed by atoms with Gasteiger partial charge in [-0.1, -0.05) is 24.3 Å². The molecule has 2 rings (SSSR count). The molecule has 3 N–H and O–H groups in total. The molecule has 0 saturated heterocycles. The minimum absolute atomic E-state index is 0.173. The van der Waals surface area contributed by atoms with E-state index >= 15 is 0 Å². The topological polar surface area (TPSA) is 90.0 Å². The molecule has 0 aliphatic carbocycles. The predicted octanol–water partition coefficient (Wildman–Crippen LogP) is 0.132. The lowest BCUT2D eigenvalue weighted by atomic mass is 10.0. The summed E-state index contributed by atoms with van der Waals surface area (Å²) in [6.45, 7) is 2.15. The van der Waals surface area contributed by atoms with Crippen LogP contribution in [0.2, 0.25) is 0 Å². The van der Waals surface area contributed by atoms with E-state index < -0.39 is 0 Å². The average molecular weight is 272 g/mol. The molecule has 0 saturated carbocycles. The van der Waals surface area contributed by atoms with E-state index in [4.69, 9.17) is 5.84 Å². The summed E-state index contributed by atoms with van der Waals surface area (Å²) in [5, 5.41) is 4.19. The number of benzene rings is 1. The highest BCUT2D eigenvalue weighted by molar-refractivity contribution is 5.78. The van der Waals surface area contributed by atoms with Gasteiger partial charge in [0.25, 0.3) is 5.56 Å². The number of hydrogen-bond acceptors (Lipinski definition) is 4. The van der Waals surface area contributed by atoms with Crippen LogP contribution in [0, 0.1) is 6.92 Å². The Bertz CT molecular complexity index is 679. The Labute approximate surface area is 116 Å². The molecule has 1 heterocycles. The van der Waals surface area contributed by atoms with Crippen molar-refractivity contribution in [3.63, 3.8) is 0 Å². The molecule has 104 valence electrons. The smallest absolute Gasteiger partial charge is 0.267 e. The second-order valence-electron chi connectivity index (χ2n) is 4.48. The van der Waals surface area contributed by atoms with Crippen molar-refractivity contribution in [3.8, 4) is 0 Å². The maximum atomic E-state index is 11.8. The van der Waals surface area contributed by atoms with Crippen molar-refractivity contribution in [3.05, 3.63) is 63.6 Å².